The molecular weight excluding hydrogens is 362 g/mol. The molecular formula is C17H30O6P2. The molecule has 0 unspecified atom stereocenters. The van der Waals surface area contributed by atoms with Gasteiger partial charge in [-0.05, 0) is 27.7 Å². The number of hydrogen-bond donors (Lipinski definition) is 0. The lowest BCUT2D eigenvalue weighted by Gasteiger charge is -2.24. The van der Waals surface area contributed by atoms with E-state index in [2.05, 4.69) is 26.3 Å². The van der Waals surface area contributed by atoms with Crippen molar-refractivity contribution in [1.82, 2.24) is 0 Å². The van der Waals surface area contributed by atoms with Crippen LogP contribution in [-0.2, 0) is 27.2 Å². The average Bonchev–Trinajstić information content (AvgIpc) is 2.48. The van der Waals surface area contributed by atoms with E-state index in [0.717, 1.165) is 0 Å². The van der Waals surface area contributed by atoms with E-state index in [-0.39, 0.29) is 26.4 Å². The molecule has 6 nitrogen and oxygen atoms in total. The third-order valence-corrected chi connectivity index (χ3v) is 7.24. The van der Waals surface area contributed by atoms with Gasteiger partial charge in [0, 0.05) is 0 Å². The van der Waals surface area contributed by atoms with Crippen LogP contribution in [0.2, 0.25) is 0 Å². The Balaban J connectivity index is 5.37. The van der Waals surface area contributed by atoms with Crippen LogP contribution in [-0.4, -0.2) is 32.3 Å². The molecule has 0 bridgehead atoms. The molecule has 0 aliphatic rings. The average molecular weight is 392 g/mol. The normalized spacial score (nSPS) is 12.0. The molecule has 0 radical (unpaired) electrons. The Morgan fingerprint density at radius 2 is 0.800 bits per heavy atom. The first-order valence-corrected chi connectivity index (χ1v) is 11.2. The monoisotopic (exact) mass is 392 g/mol. The maximum Gasteiger partial charge on any atom is 0.343 e. The zero-order chi connectivity index (χ0) is 19.7. The highest BCUT2D eigenvalue weighted by molar-refractivity contribution is 7.71. The number of rotatable bonds is 14. The summed E-state index contributed by atoms with van der Waals surface area (Å²) in [5, 5.41) is 0. The number of hydrogen-bond acceptors (Lipinski definition) is 6. The topological polar surface area (TPSA) is 71.1 Å². The molecule has 0 spiro atoms. The van der Waals surface area contributed by atoms with Gasteiger partial charge in [-0.1, -0.05) is 48.6 Å². The maximum atomic E-state index is 13.0. The third-order valence-electron chi connectivity index (χ3n) is 2.38. The Kier molecular flexibility index (Phi) is 10.7. The van der Waals surface area contributed by atoms with Crippen LogP contribution in [0.5, 0.6) is 0 Å². The molecule has 25 heavy (non-hydrogen) atoms. The SMILES string of the molecule is C=C(C)COP(=O)(CP(=O)(OCC(=C)C)OCC(=C)C)OCC(=C)C. The molecule has 0 rings (SSSR count). The fraction of sp³-hybridized carbons (Fsp3) is 0.529. The van der Waals surface area contributed by atoms with Crippen LogP contribution in [0.1, 0.15) is 27.7 Å². The van der Waals surface area contributed by atoms with E-state index >= 15 is 0 Å². The second kappa shape index (κ2) is 11.1. The van der Waals surface area contributed by atoms with Crippen molar-refractivity contribution in [2.24, 2.45) is 0 Å². The van der Waals surface area contributed by atoms with E-state index < -0.39 is 21.1 Å². The molecule has 0 fully saturated rings. The summed E-state index contributed by atoms with van der Waals surface area (Å²) in [4.78, 5) is 0. The molecule has 0 aromatic heterocycles. The Morgan fingerprint density at radius 1 is 0.600 bits per heavy atom. The van der Waals surface area contributed by atoms with Crippen LogP contribution >= 0.6 is 15.2 Å². The predicted molar refractivity (Wildman–Crippen MR) is 103 cm³/mol. The van der Waals surface area contributed by atoms with Gasteiger partial charge in [0.15, 0.2) is 5.90 Å². The second-order valence-electron chi connectivity index (χ2n) is 6.29. The Bertz CT molecular complexity index is 512. The smallest absolute Gasteiger partial charge is 0.304 e. The summed E-state index contributed by atoms with van der Waals surface area (Å²) in [6.07, 6.45) is 0. The van der Waals surface area contributed by atoms with Crippen LogP contribution in [0, 0.1) is 0 Å². The minimum Gasteiger partial charge on any atom is -0.304 e. The van der Waals surface area contributed by atoms with E-state index in [1.165, 1.54) is 0 Å². The molecule has 0 aliphatic heterocycles. The summed E-state index contributed by atoms with van der Waals surface area (Å²) < 4.78 is 47.5. The first kappa shape index (κ1) is 24.3. The van der Waals surface area contributed by atoms with Gasteiger partial charge < -0.3 is 18.1 Å². The van der Waals surface area contributed by atoms with Gasteiger partial charge in [0.05, 0.1) is 26.4 Å². The van der Waals surface area contributed by atoms with Crippen molar-refractivity contribution in [2.45, 2.75) is 27.7 Å². The molecule has 0 N–H and O–H groups in total. The lowest BCUT2D eigenvalue weighted by atomic mass is 10.4. The summed E-state index contributed by atoms with van der Waals surface area (Å²) >= 11 is 0. The van der Waals surface area contributed by atoms with Gasteiger partial charge in [0.2, 0.25) is 0 Å². The highest BCUT2D eigenvalue weighted by atomic mass is 31.2. The highest BCUT2D eigenvalue weighted by Gasteiger charge is 2.39. The van der Waals surface area contributed by atoms with Crippen molar-refractivity contribution in [1.29, 1.82) is 0 Å². The van der Waals surface area contributed by atoms with E-state index in [4.69, 9.17) is 18.1 Å². The van der Waals surface area contributed by atoms with Crippen LogP contribution in [0.15, 0.2) is 48.6 Å². The zero-order valence-corrected chi connectivity index (χ0v) is 17.5. The largest absolute Gasteiger partial charge is 0.343 e. The lowest BCUT2D eigenvalue weighted by molar-refractivity contribution is 0.215. The maximum absolute atomic E-state index is 13.0. The summed E-state index contributed by atoms with van der Waals surface area (Å²) in [5.41, 5.74) is 2.61. The van der Waals surface area contributed by atoms with Crippen LogP contribution < -0.4 is 0 Å². The van der Waals surface area contributed by atoms with E-state index in [9.17, 15) is 9.13 Å². The first-order valence-electron chi connectivity index (χ1n) is 7.71. The van der Waals surface area contributed by atoms with Crippen molar-refractivity contribution < 1.29 is 27.2 Å². The van der Waals surface area contributed by atoms with Crippen LogP contribution in [0.25, 0.3) is 0 Å². The van der Waals surface area contributed by atoms with E-state index in [1.54, 1.807) is 27.7 Å². The molecule has 0 saturated heterocycles. The van der Waals surface area contributed by atoms with Gasteiger partial charge in [-0.15, -0.1) is 0 Å². The quantitative estimate of drug-likeness (QED) is 0.279. The van der Waals surface area contributed by atoms with Gasteiger partial charge in [0.25, 0.3) is 0 Å². The van der Waals surface area contributed by atoms with Crippen LogP contribution in [0.3, 0.4) is 0 Å². The Labute approximate surface area is 151 Å². The van der Waals surface area contributed by atoms with Gasteiger partial charge in [0.1, 0.15) is 0 Å². The molecule has 144 valence electrons. The fourth-order valence-corrected chi connectivity index (χ4v) is 6.10. The van der Waals surface area contributed by atoms with Crippen LogP contribution in [0.4, 0.5) is 0 Å². The molecule has 8 heteroatoms. The van der Waals surface area contributed by atoms with Crippen molar-refractivity contribution in [3.8, 4) is 0 Å². The molecule has 0 atom stereocenters. The Hall–Kier alpha value is -0.740. The molecule has 0 heterocycles. The fourth-order valence-electron chi connectivity index (χ4n) is 1.28. The molecule has 0 amide bonds. The predicted octanol–water partition coefficient (Wildman–Crippen LogP) is 5.70. The molecule has 0 aromatic carbocycles. The van der Waals surface area contributed by atoms with Gasteiger partial charge in [-0.3, -0.25) is 9.13 Å². The summed E-state index contributed by atoms with van der Waals surface area (Å²) in [7, 11) is -7.53. The Morgan fingerprint density at radius 3 is 0.960 bits per heavy atom. The summed E-state index contributed by atoms with van der Waals surface area (Å²) in [6, 6.07) is 0. The van der Waals surface area contributed by atoms with Crippen molar-refractivity contribution in [3.05, 3.63) is 48.6 Å². The molecule has 0 aromatic rings. The molecule has 0 aliphatic carbocycles. The van der Waals surface area contributed by atoms with Crippen molar-refractivity contribution >= 4 is 15.2 Å². The molecule has 0 saturated carbocycles. The minimum absolute atomic E-state index is 0.00837. The summed E-state index contributed by atoms with van der Waals surface area (Å²) in [6.45, 7) is 21.7. The van der Waals surface area contributed by atoms with Crippen molar-refractivity contribution in [2.75, 3.05) is 32.3 Å². The zero-order valence-electron chi connectivity index (χ0n) is 15.7. The second-order valence-corrected chi connectivity index (χ2v) is 10.9. The summed E-state index contributed by atoms with van der Waals surface area (Å²) in [5.74, 6) is -0.513. The van der Waals surface area contributed by atoms with Gasteiger partial charge >= 0.3 is 15.2 Å². The standard InChI is InChI=1S/C17H30O6P2/c1-14(2)9-20-24(18,21-10-15(3)4)13-25(19,22-11-16(5)6)23-12-17(7)8/h1,3,5,7,9-13H2,2,4,6,8H3. The van der Waals surface area contributed by atoms with Crippen molar-refractivity contribution in [3.63, 3.8) is 0 Å². The van der Waals surface area contributed by atoms with Gasteiger partial charge in [-0.2, -0.15) is 0 Å². The van der Waals surface area contributed by atoms with E-state index in [0.29, 0.717) is 22.3 Å². The van der Waals surface area contributed by atoms with E-state index in [1.807, 2.05) is 0 Å². The minimum atomic E-state index is -3.76. The van der Waals surface area contributed by atoms with Gasteiger partial charge in [-0.25, -0.2) is 0 Å². The highest BCUT2D eigenvalue weighted by Crippen LogP contribution is 2.64. The third kappa shape index (κ3) is 12.3. The first-order chi connectivity index (χ1) is 11.4. The lowest BCUT2D eigenvalue weighted by Crippen LogP contribution is -2.09.